The number of nitrogens with zero attached hydrogens (tertiary/aromatic N) is 2. The summed E-state index contributed by atoms with van der Waals surface area (Å²) in [5.41, 5.74) is 8.13. The minimum atomic E-state index is -0.450. The Kier molecular flexibility index (Phi) is 8.64. The van der Waals surface area contributed by atoms with Crippen molar-refractivity contribution in [1.82, 2.24) is 10.3 Å². The van der Waals surface area contributed by atoms with Gasteiger partial charge in [0.1, 0.15) is 12.4 Å². The van der Waals surface area contributed by atoms with Gasteiger partial charge in [-0.15, -0.1) is 0 Å². The molecule has 1 amide bonds. The van der Waals surface area contributed by atoms with Crippen molar-refractivity contribution in [2.24, 2.45) is 5.10 Å². The van der Waals surface area contributed by atoms with Gasteiger partial charge in [0, 0.05) is 30.8 Å². The van der Waals surface area contributed by atoms with Crippen molar-refractivity contribution in [3.63, 3.8) is 0 Å². The first kappa shape index (κ1) is 27.2. The van der Waals surface area contributed by atoms with E-state index in [9.17, 15) is 9.90 Å². The van der Waals surface area contributed by atoms with Crippen LogP contribution in [0.3, 0.4) is 0 Å². The summed E-state index contributed by atoms with van der Waals surface area (Å²) in [7, 11) is 1.61. The molecule has 1 aliphatic rings. The maximum atomic E-state index is 12.5. The Labute approximate surface area is 238 Å². The van der Waals surface area contributed by atoms with Crippen LogP contribution in [0.5, 0.6) is 17.2 Å². The van der Waals surface area contributed by atoms with Gasteiger partial charge in [0.05, 0.1) is 18.3 Å². The number of nitrogens with one attached hydrogen (secondary N) is 1. The number of fused-ring (bicyclic) bond motifs is 1. The van der Waals surface area contributed by atoms with Crippen LogP contribution in [0.4, 0.5) is 0 Å². The van der Waals surface area contributed by atoms with Crippen molar-refractivity contribution in [3.8, 4) is 28.4 Å². The average Bonchev–Trinajstić information content (AvgIpc) is 2.99. The van der Waals surface area contributed by atoms with Gasteiger partial charge < -0.3 is 14.6 Å². The molecule has 4 aromatic carbocycles. The van der Waals surface area contributed by atoms with E-state index >= 15 is 0 Å². The largest absolute Gasteiger partial charge is 0.506 e. The molecule has 0 bridgehead atoms. The fraction of sp³-hybridized carbons (Fsp3) is 0.188. The highest BCUT2D eigenvalue weighted by Gasteiger charge is 2.18. The van der Waals surface area contributed by atoms with E-state index in [2.05, 4.69) is 39.7 Å². The first-order valence-corrected chi connectivity index (χ1v) is 13.4. The average molecular weight is 556 g/mol. The van der Waals surface area contributed by atoms with E-state index in [0.29, 0.717) is 18.1 Å². The van der Waals surface area contributed by atoms with Crippen LogP contribution in [0.15, 0.2) is 90.0 Å². The van der Waals surface area contributed by atoms with Crippen molar-refractivity contribution in [3.05, 3.63) is 112 Å². The molecular formula is C32H30ClN3O4. The molecule has 1 aliphatic heterocycles. The topological polar surface area (TPSA) is 83.4 Å². The predicted octanol–water partition coefficient (Wildman–Crippen LogP) is 5.92. The zero-order chi connectivity index (χ0) is 27.9. The van der Waals surface area contributed by atoms with E-state index in [1.807, 2.05) is 42.5 Å². The summed E-state index contributed by atoms with van der Waals surface area (Å²) in [6.45, 7) is 3.22. The lowest BCUT2D eigenvalue weighted by molar-refractivity contribution is 0.0955. The number of hydrogen-bond acceptors (Lipinski definition) is 6. The van der Waals surface area contributed by atoms with E-state index < -0.39 is 5.91 Å². The van der Waals surface area contributed by atoms with Crippen LogP contribution >= 0.6 is 11.6 Å². The van der Waals surface area contributed by atoms with Crippen LogP contribution in [0.2, 0.25) is 5.02 Å². The normalized spacial score (nSPS) is 13.2. The fourth-order valence-corrected chi connectivity index (χ4v) is 4.91. The molecule has 0 unspecified atom stereocenters. The van der Waals surface area contributed by atoms with Gasteiger partial charge in [0.2, 0.25) is 0 Å². The van der Waals surface area contributed by atoms with E-state index in [4.69, 9.17) is 21.1 Å². The summed E-state index contributed by atoms with van der Waals surface area (Å²) in [5.74, 6) is 0.689. The molecule has 0 spiro atoms. The Balaban J connectivity index is 1.32. The Morgan fingerprint density at radius 2 is 1.82 bits per heavy atom. The van der Waals surface area contributed by atoms with E-state index in [0.717, 1.165) is 42.7 Å². The molecule has 40 heavy (non-hydrogen) atoms. The molecule has 0 saturated carbocycles. The molecule has 5 rings (SSSR count). The molecule has 204 valence electrons. The number of amides is 1. The summed E-state index contributed by atoms with van der Waals surface area (Å²) < 4.78 is 12.1. The summed E-state index contributed by atoms with van der Waals surface area (Å²) >= 11 is 5.92. The van der Waals surface area contributed by atoms with Gasteiger partial charge in [0.15, 0.2) is 11.5 Å². The fourth-order valence-electron chi connectivity index (χ4n) is 4.73. The van der Waals surface area contributed by atoms with Crippen LogP contribution in [-0.2, 0) is 13.0 Å². The molecule has 0 fully saturated rings. The SMILES string of the molecule is COc1cc(C=NNC(=O)c2ccc(O)c(Cl)c2)cc(-c2ccccc2)c1OCCN1CCc2ccccc2C1. The first-order valence-electron chi connectivity index (χ1n) is 13.0. The standard InChI is InChI=1S/C32H30ClN3O4/c1-39-30-18-22(20-34-35-32(38)25-11-12-29(37)28(33)19-25)17-27(24-8-3-2-4-9-24)31(30)40-16-15-36-14-13-23-7-5-6-10-26(23)21-36/h2-12,17-20,37H,13-16,21H2,1H3,(H,35,38). The predicted molar refractivity (Wildman–Crippen MR) is 158 cm³/mol. The van der Waals surface area contributed by atoms with Crippen LogP contribution in [0, 0.1) is 0 Å². The number of hydrogen-bond donors (Lipinski definition) is 2. The lowest BCUT2D eigenvalue weighted by Gasteiger charge is -2.28. The third kappa shape index (κ3) is 6.45. The van der Waals surface area contributed by atoms with Crippen molar-refractivity contribution in [2.75, 3.05) is 26.8 Å². The number of rotatable bonds is 9. The highest BCUT2D eigenvalue weighted by molar-refractivity contribution is 6.32. The highest BCUT2D eigenvalue weighted by atomic mass is 35.5. The molecule has 0 atom stereocenters. The minimum absolute atomic E-state index is 0.0918. The third-order valence-electron chi connectivity index (χ3n) is 6.84. The number of carbonyl (C=O) groups is 1. The van der Waals surface area contributed by atoms with E-state index in [-0.39, 0.29) is 16.3 Å². The van der Waals surface area contributed by atoms with Crippen LogP contribution in [-0.4, -0.2) is 48.9 Å². The zero-order valence-corrected chi connectivity index (χ0v) is 22.9. The molecule has 1 heterocycles. The van der Waals surface area contributed by atoms with Gasteiger partial charge >= 0.3 is 0 Å². The Morgan fingerprint density at radius 3 is 2.60 bits per heavy atom. The second-order valence-corrected chi connectivity index (χ2v) is 9.88. The summed E-state index contributed by atoms with van der Waals surface area (Å²) in [5, 5.41) is 13.8. The van der Waals surface area contributed by atoms with Crippen molar-refractivity contribution < 1.29 is 19.4 Å². The van der Waals surface area contributed by atoms with Crippen LogP contribution in [0.25, 0.3) is 11.1 Å². The number of benzene rings is 4. The number of halogens is 1. The molecule has 2 N–H and O–H groups in total. The lowest BCUT2D eigenvalue weighted by atomic mass is 10.00. The minimum Gasteiger partial charge on any atom is -0.506 e. The summed E-state index contributed by atoms with van der Waals surface area (Å²) in [4.78, 5) is 14.9. The molecular weight excluding hydrogens is 526 g/mol. The smallest absolute Gasteiger partial charge is 0.271 e. The Hall–Kier alpha value is -4.33. The van der Waals surface area contributed by atoms with Crippen molar-refractivity contribution in [1.29, 1.82) is 0 Å². The highest BCUT2D eigenvalue weighted by Crippen LogP contribution is 2.39. The molecule has 0 radical (unpaired) electrons. The molecule has 0 aromatic heterocycles. The van der Waals surface area contributed by atoms with Gasteiger partial charge in [0.25, 0.3) is 5.91 Å². The summed E-state index contributed by atoms with van der Waals surface area (Å²) in [6, 6.07) is 26.5. The number of hydrazone groups is 1. The first-order chi connectivity index (χ1) is 19.5. The number of methoxy groups -OCH3 is 1. The quantitative estimate of drug-likeness (QED) is 0.198. The maximum absolute atomic E-state index is 12.5. The van der Waals surface area contributed by atoms with Crippen LogP contribution < -0.4 is 14.9 Å². The molecule has 0 saturated heterocycles. The number of carbonyl (C=O) groups excluding carboxylic acids is 1. The molecule has 4 aromatic rings. The second-order valence-electron chi connectivity index (χ2n) is 9.47. The molecule has 7 nitrogen and oxygen atoms in total. The van der Waals surface area contributed by atoms with Crippen molar-refractivity contribution in [2.45, 2.75) is 13.0 Å². The Morgan fingerprint density at radius 1 is 1.05 bits per heavy atom. The third-order valence-corrected chi connectivity index (χ3v) is 7.14. The lowest BCUT2D eigenvalue weighted by Crippen LogP contribution is -2.33. The number of phenols is 1. The maximum Gasteiger partial charge on any atom is 0.271 e. The van der Waals surface area contributed by atoms with Gasteiger partial charge in [-0.3, -0.25) is 9.69 Å². The monoisotopic (exact) mass is 555 g/mol. The number of phenolic OH excluding ortho intramolecular Hbond substituents is 1. The Bertz CT molecular complexity index is 1520. The molecule has 8 heteroatoms. The van der Waals surface area contributed by atoms with Gasteiger partial charge in [-0.1, -0.05) is 66.2 Å². The van der Waals surface area contributed by atoms with E-state index in [1.54, 1.807) is 13.3 Å². The van der Waals surface area contributed by atoms with Crippen molar-refractivity contribution >= 4 is 23.7 Å². The van der Waals surface area contributed by atoms with Gasteiger partial charge in [-0.2, -0.15) is 5.10 Å². The van der Waals surface area contributed by atoms with Gasteiger partial charge in [-0.25, -0.2) is 5.43 Å². The van der Waals surface area contributed by atoms with Gasteiger partial charge in [-0.05, 0) is 59.0 Å². The zero-order valence-electron chi connectivity index (χ0n) is 22.1. The molecule has 0 aliphatic carbocycles. The van der Waals surface area contributed by atoms with E-state index in [1.165, 1.54) is 29.3 Å². The van der Waals surface area contributed by atoms with Crippen LogP contribution in [0.1, 0.15) is 27.0 Å². The second kappa shape index (κ2) is 12.7. The summed E-state index contributed by atoms with van der Waals surface area (Å²) in [6.07, 6.45) is 2.59. The number of ether oxygens (including phenoxy) is 2. The number of aromatic hydroxyl groups is 1.